The van der Waals surface area contributed by atoms with Gasteiger partial charge in [0.2, 0.25) is 0 Å². The molecule has 1 aromatic heterocycles. The van der Waals surface area contributed by atoms with Gasteiger partial charge >= 0.3 is 0 Å². The number of hydrogen-bond acceptors (Lipinski definition) is 3. The molecule has 2 N–H and O–H groups in total. The first-order valence-corrected chi connectivity index (χ1v) is 7.44. The van der Waals surface area contributed by atoms with E-state index in [4.69, 9.17) is 0 Å². The largest absolute Gasteiger partial charge is 0.506 e. The molecule has 4 nitrogen and oxygen atoms in total. The van der Waals surface area contributed by atoms with Gasteiger partial charge in [0.1, 0.15) is 11.6 Å². The number of hydrogen-bond donors (Lipinski definition) is 2. The van der Waals surface area contributed by atoms with Crippen LogP contribution < -0.4 is 5.32 Å². The molecule has 0 unspecified atom stereocenters. The number of fused-ring (bicyclic) bond motifs is 1. The Balaban J connectivity index is 1.95. The van der Waals surface area contributed by atoms with Crippen LogP contribution in [0.2, 0.25) is 0 Å². The third-order valence-corrected chi connectivity index (χ3v) is 4.14. The van der Waals surface area contributed by atoms with Crippen molar-refractivity contribution < 1.29 is 9.90 Å². The molecular weight excluding hydrogens is 288 g/mol. The van der Waals surface area contributed by atoms with Gasteiger partial charge < -0.3 is 10.4 Å². The van der Waals surface area contributed by atoms with Gasteiger partial charge in [0.05, 0.1) is 5.69 Å². The molecule has 23 heavy (non-hydrogen) atoms. The Morgan fingerprint density at radius 1 is 1.00 bits per heavy atom. The van der Waals surface area contributed by atoms with Gasteiger partial charge in [0.25, 0.3) is 5.91 Å². The summed E-state index contributed by atoms with van der Waals surface area (Å²) >= 11 is 0. The Bertz CT molecular complexity index is 917. The molecule has 0 saturated heterocycles. The maximum absolute atomic E-state index is 12.5. The maximum atomic E-state index is 12.5. The summed E-state index contributed by atoms with van der Waals surface area (Å²) in [4.78, 5) is 16.8. The predicted molar refractivity (Wildman–Crippen MR) is 92.0 cm³/mol. The highest BCUT2D eigenvalue weighted by atomic mass is 16.3. The van der Waals surface area contributed by atoms with Crippen LogP contribution >= 0.6 is 0 Å². The van der Waals surface area contributed by atoms with E-state index >= 15 is 0 Å². The summed E-state index contributed by atoms with van der Waals surface area (Å²) in [5.41, 5.74) is 2.57. The van der Waals surface area contributed by atoms with Gasteiger partial charge in [-0.3, -0.25) is 4.79 Å². The number of aromatic hydroxyl groups is 1. The fraction of sp³-hybridized carbons (Fsp3) is 0.158. The lowest BCUT2D eigenvalue weighted by atomic mass is 10.1. The molecule has 0 aliphatic carbocycles. The van der Waals surface area contributed by atoms with E-state index in [-0.39, 0.29) is 11.7 Å². The van der Waals surface area contributed by atoms with Gasteiger partial charge in [-0.2, -0.15) is 0 Å². The normalized spacial score (nSPS) is 10.7. The molecule has 0 spiro atoms. The van der Waals surface area contributed by atoms with Crippen molar-refractivity contribution in [3.63, 3.8) is 0 Å². The zero-order valence-corrected chi connectivity index (χ0v) is 13.3. The van der Waals surface area contributed by atoms with Crippen LogP contribution in [0, 0.1) is 20.8 Å². The molecule has 0 atom stereocenters. The highest BCUT2D eigenvalue weighted by Gasteiger charge is 2.14. The SMILES string of the molecule is Cc1nc(NC(=O)c2ccc3ccccc3c2)c(C)c(C)c1O. The van der Waals surface area contributed by atoms with E-state index in [0.717, 1.165) is 21.9 Å². The van der Waals surface area contributed by atoms with Crippen molar-refractivity contribution in [3.05, 3.63) is 64.8 Å². The van der Waals surface area contributed by atoms with E-state index in [0.29, 0.717) is 17.1 Å². The van der Waals surface area contributed by atoms with E-state index in [1.54, 1.807) is 13.0 Å². The standard InChI is InChI=1S/C19H18N2O2/c1-11-12(2)18(20-13(3)17(11)22)21-19(23)16-9-8-14-6-4-5-7-15(14)10-16/h4-10,22H,1-3H3,(H,20,21,23). The molecule has 0 aliphatic heterocycles. The van der Waals surface area contributed by atoms with Crippen LogP contribution in [-0.2, 0) is 0 Å². The van der Waals surface area contributed by atoms with Gasteiger partial charge in [-0.25, -0.2) is 4.98 Å². The number of benzene rings is 2. The van der Waals surface area contributed by atoms with Crippen molar-refractivity contribution in [1.29, 1.82) is 0 Å². The van der Waals surface area contributed by atoms with Gasteiger partial charge in [0.15, 0.2) is 0 Å². The van der Waals surface area contributed by atoms with Crippen molar-refractivity contribution in [1.82, 2.24) is 4.98 Å². The fourth-order valence-corrected chi connectivity index (χ4v) is 2.56. The van der Waals surface area contributed by atoms with E-state index in [9.17, 15) is 9.90 Å². The summed E-state index contributed by atoms with van der Waals surface area (Å²) < 4.78 is 0. The Morgan fingerprint density at radius 3 is 2.43 bits per heavy atom. The van der Waals surface area contributed by atoms with E-state index in [1.165, 1.54) is 0 Å². The van der Waals surface area contributed by atoms with E-state index < -0.39 is 0 Å². The highest BCUT2D eigenvalue weighted by Crippen LogP contribution is 2.28. The lowest BCUT2D eigenvalue weighted by molar-refractivity contribution is 0.102. The quantitative estimate of drug-likeness (QED) is 0.748. The predicted octanol–water partition coefficient (Wildman–Crippen LogP) is 4.12. The van der Waals surface area contributed by atoms with Gasteiger partial charge in [-0.05, 0) is 54.8 Å². The highest BCUT2D eigenvalue weighted by molar-refractivity contribution is 6.06. The summed E-state index contributed by atoms with van der Waals surface area (Å²) in [6.07, 6.45) is 0. The third kappa shape index (κ3) is 2.75. The van der Waals surface area contributed by atoms with E-state index in [2.05, 4.69) is 10.3 Å². The molecule has 0 aliphatic rings. The molecule has 116 valence electrons. The molecular formula is C19H18N2O2. The Labute approximate surface area is 134 Å². The summed E-state index contributed by atoms with van der Waals surface area (Å²) in [5.74, 6) is 0.443. The van der Waals surface area contributed by atoms with Crippen molar-refractivity contribution in [2.75, 3.05) is 5.32 Å². The molecule has 3 aromatic rings. The smallest absolute Gasteiger partial charge is 0.256 e. The minimum atomic E-state index is -0.212. The fourth-order valence-electron chi connectivity index (χ4n) is 2.56. The van der Waals surface area contributed by atoms with Crippen LogP contribution in [-0.4, -0.2) is 16.0 Å². The Hall–Kier alpha value is -2.88. The van der Waals surface area contributed by atoms with Crippen LogP contribution in [0.5, 0.6) is 5.75 Å². The first-order chi connectivity index (χ1) is 11.0. The molecule has 0 saturated carbocycles. The average molecular weight is 306 g/mol. The molecule has 1 heterocycles. The summed E-state index contributed by atoms with van der Waals surface area (Å²) in [7, 11) is 0. The Kier molecular flexibility index (Phi) is 3.74. The van der Waals surface area contributed by atoms with Crippen LogP contribution in [0.15, 0.2) is 42.5 Å². The van der Waals surface area contributed by atoms with Crippen molar-refractivity contribution in [2.45, 2.75) is 20.8 Å². The lowest BCUT2D eigenvalue weighted by Crippen LogP contribution is -2.15. The summed E-state index contributed by atoms with van der Waals surface area (Å²) in [6, 6.07) is 13.5. The molecule has 0 fully saturated rings. The van der Waals surface area contributed by atoms with Crippen molar-refractivity contribution in [3.8, 4) is 5.75 Å². The monoisotopic (exact) mass is 306 g/mol. The number of carbonyl (C=O) groups is 1. The van der Waals surface area contributed by atoms with E-state index in [1.807, 2.05) is 50.2 Å². The minimum absolute atomic E-state index is 0.172. The van der Waals surface area contributed by atoms with Gasteiger partial charge in [-0.15, -0.1) is 0 Å². The molecule has 2 aromatic carbocycles. The summed E-state index contributed by atoms with van der Waals surface area (Å²) in [5, 5.41) is 14.9. The number of aromatic nitrogens is 1. The summed E-state index contributed by atoms with van der Waals surface area (Å²) in [6.45, 7) is 5.36. The molecule has 1 amide bonds. The Morgan fingerprint density at radius 2 is 1.70 bits per heavy atom. The van der Waals surface area contributed by atoms with Crippen LogP contribution in [0.1, 0.15) is 27.2 Å². The number of amides is 1. The molecule has 0 bridgehead atoms. The minimum Gasteiger partial charge on any atom is -0.506 e. The zero-order chi connectivity index (χ0) is 16.6. The number of nitrogens with zero attached hydrogens (tertiary/aromatic N) is 1. The topological polar surface area (TPSA) is 62.2 Å². The molecule has 3 rings (SSSR count). The molecule has 4 heteroatoms. The number of rotatable bonds is 2. The van der Waals surface area contributed by atoms with Gasteiger partial charge in [-0.1, -0.05) is 30.3 Å². The third-order valence-electron chi connectivity index (χ3n) is 4.14. The first-order valence-electron chi connectivity index (χ1n) is 7.44. The van der Waals surface area contributed by atoms with Crippen LogP contribution in [0.25, 0.3) is 10.8 Å². The zero-order valence-electron chi connectivity index (χ0n) is 13.3. The van der Waals surface area contributed by atoms with Crippen molar-refractivity contribution >= 4 is 22.5 Å². The average Bonchev–Trinajstić information content (AvgIpc) is 2.57. The maximum Gasteiger partial charge on any atom is 0.256 e. The molecule has 0 radical (unpaired) electrons. The number of carbonyl (C=O) groups excluding carboxylic acids is 1. The second-order valence-electron chi connectivity index (χ2n) is 5.66. The van der Waals surface area contributed by atoms with Crippen molar-refractivity contribution in [2.24, 2.45) is 0 Å². The number of aryl methyl sites for hydroxylation is 1. The first kappa shape index (κ1) is 15.0. The number of anilines is 1. The van der Waals surface area contributed by atoms with Gasteiger partial charge in [0, 0.05) is 5.56 Å². The van der Waals surface area contributed by atoms with Crippen LogP contribution in [0.4, 0.5) is 5.82 Å². The second kappa shape index (κ2) is 5.72. The number of nitrogens with one attached hydrogen (secondary N) is 1. The van der Waals surface area contributed by atoms with Crippen LogP contribution in [0.3, 0.4) is 0 Å². The number of pyridine rings is 1. The second-order valence-corrected chi connectivity index (χ2v) is 5.66. The lowest BCUT2D eigenvalue weighted by Gasteiger charge is -2.13.